The molecule has 1 saturated heterocycles. The zero-order chi connectivity index (χ0) is 18.4. The Hall–Kier alpha value is -2.39. The summed E-state index contributed by atoms with van der Waals surface area (Å²) in [6.45, 7) is 4.78. The number of ether oxygens (including phenoxy) is 1. The van der Waals surface area contributed by atoms with Gasteiger partial charge in [-0.1, -0.05) is 12.1 Å². The van der Waals surface area contributed by atoms with E-state index in [0.717, 1.165) is 38.9 Å². The van der Waals surface area contributed by atoms with E-state index in [1.807, 2.05) is 0 Å². The summed E-state index contributed by atoms with van der Waals surface area (Å²) in [4.78, 5) is 10.4. The van der Waals surface area contributed by atoms with Gasteiger partial charge in [0.1, 0.15) is 18.0 Å². The van der Waals surface area contributed by atoms with E-state index in [1.54, 1.807) is 12.1 Å². The van der Waals surface area contributed by atoms with Crippen LogP contribution in [0.5, 0.6) is 0 Å². The summed E-state index contributed by atoms with van der Waals surface area (Å²) in [5.41, 5.74) is -0.779. The number of rotatable bonds is 6. The molecule has 26 heavy (non-hydrogen) atoms. The predicted molar refractivity (Wildman–Crippen MR) is 92.5 cm³/mol. The Morgan fingerprint density at radius 3 is 2.58 bits per heavy atom. The average Bonchev–Trinajstić information content (AvgIpc) is 2.63. The van der Waals surface area contributed by atoms with Crippen molar-refractivity contribution >= 4 is 17.3 Å². The molecule has 0 saturated carbocycles. The normalized spacial score (nSPS) is 15.7. The van der Waals surface area contributed by atoms with Gasteiger partial charge in [0.25, 0.3) is 0 Å². The van der Waals surface area contributed by atoms with Gasteiger partial charge >= 0.3 is 6.18 Å². The Morgan fingerprint density at radius 2 is 1.81 bits per heavy atom. The number of para-hydroxylation sites is 1. The summed E-state index contributed by atoms with van der Waals surface area (Å²) in [7, 11) is 0. The van der Waals surface area contributed by atoms with E-state index in [9.17, 15) is 13.2 Å². The third kappa shape index (κ3) is 5.06. The van der Waals surface area contributed by atoms with E-state index in [2.05, 4.69) is 25.5 Å². The number of morpholine rings is 1. The number of benzene rings is 1. The van der Waals surface area contributed by atoms with Crippen LogP contribution < -0.4 is 10.6 Å². The highest BCUT2D eigenvalue weighted by atomic mass is 19.4. The first kappa shape index (κ1) is 18.4. The minimum Gasteiger partial charge on any atom is -0.379 e. The summed E-state index contributed by atoms with van der Waals surface area (Å²) in [6, 6.07) is 6.89. The molecule has 3 rings (SSSR count). The summed E-state index contributed by atoms with van der Waals surface area (Å²) in [6.07, 6.45) is -3.12. The lowest BCUT2D eigenvalue weighted by Crippen LogP contribution is -2.39. The first-order valence-corrected chi connectivity index (χ1v) is 8.31. The predicted octanol–water partition coefficient (Wildman–Crippen LogP) is 2.98. The molecular weight excluding hydrogens is 347 g/mol. The number of nitrogens with zero attached hydrogens (tertiary/aromatic N) is 3. The number of halogens is 3. The van der Waals surface area contributed by atoms with E-state index in [-0.39, 0.29) is 5.69 Å². The number of hydrogen-bond donors (Lipinski definition) is 2. The fourth-order valence-electron chi connectivity index (χ4n) is 2.67. The molecule has 1 aromatic carbocycles. The molecule has 2 N–H and O–H groups in total. The van der Waals surface area contributed by atoms with Crippen molar-refractivity contribution in [2.24, 2.45) is 0 Å². The third-order valence-corrected chi connectivity index (χ3v) is 4.00. The second-order valence-electron chi connectivity index (χ2n) is 5.84. The second kappa shape index (κ2) is 8.33. The zero-order valence-corrected chi connectivity index (χ0v) is 14.1. The van der Waals surface area contributed by atoms with Crippen LogP contribution in [0.15, 0.2) is 36.7 Å². The smallest absolute Gasteiger partial charge is 0.379 e. The van der Waals surface area contributed by atoms with Gasteiger partial charge in [0, 0.05) is 32.2 Å². The highest BCUT2D eigenvalue weighted by Crippen LogP contribution is 2.35. The molecule has 140 valence electrons. The lowest BCUT2D eigenvalue weighted by atomic mass is 10.1. The molecule has 9 heteroatoms. The van der Waals surface area contributed by atoms with Crippen LogP contribution in [-0.2, 0) is 10.9 Å². The van der Waals surface area contributed by atoms with Gasteiger partial charge in [0.15, 0.2) is 0 Å². The summed E-state index contributed by atoms with van der Waals surface area (Å²) < 4.78 is 44.5. The van der Waals surface area contributed by atoms with E-state index in [4.69, 9.17) is 4.74 Å². The van der Waals surface area contributed by atoms with Gasteiger partial charge in [-0.05, 0) is 12.1 Å². The van der Waals surface area contributed by atoms with Crippen LogP contribution in [0.25, 0.3) is 0 Å². The number of hydrogen-bond acceptors (Lipinski definition) is 6. The minimum absolute atomic E-state index is 0.0435. The van der Waals surface area contributed by atoms with Crippen LogP contribution >= 0.6 is 0 Å². The molecule has 1 fully saturated rings. The Kier molecular flexibility index (Phi) is 5.89. The molecule has 2 heterocycles. The molecule has 1 aliphatic heterocycles. The molecule has 1 aromatic heterocycles. The highest BCUT2D eigenvalue weighted by molar-refractivity contribution is 5.63. The van der Waals surface area contributed by atoms with Gasteiger partial charge < -0.3 is 15.4 Å². The van der Waals surface area contributed by atoms with E-state index in [0.29, 0.717) is 18.2 Å². The average molecular weight is 367 g/mol. The van der Waals surface area contributed by atoms with Gasteiger partial charge in [0.2, 0.25) is 0 Å². The Balaban J connectivity index is 1.61. The van der Waals surface area contributed by atoms with Crippen molar-refractivity contribution in [1.29, 1.82) is 0 Å². The summed E-state index contributed by atoms with van der Waals surface area (Å²) in [5, 5.41) is 5.89. The van der Waals surface area contributed by atoms with E-state index in [1.165, 1.54) is 18.5 Å². The van der Waals surface area contributed by atoms with Gasteiger partial charge in [-0.25, -0.2) is 9.97 Å². The van der Waals surface area contributed by atoms with Crippen LogP contribution in [0.3, 0.4) is 0 Å². The summed E-state index contributed by atoms with van der Waals surface area (Å²) in [5.74, 6) is 0.853. The van der Waals surface area contributed by atoms with Crippen molar-refractivity contribution in [3.05, 3.63) is 42.2 Å². The van der Waals surface area contributed by atoms with Gasteiger partial charge in [0.05, 0.1) is 24.5 Å². The SMILES string of the molecule is FC(F)(F)c1ccccc1Nc1cc(NCCN2CCOCC2)ncn1. The van der Waals surface area contributed by atoms with Gasteiger partial charge in [-0.15, -0.1) is 0 Å². The Bertz CT molecular complexity index is 720. The van der Waals surface area contributed by atoms with Crippen molar-refractivity contribution < 1.29 is 17.9 Å². The first-order valence-electron chi connectivity index (χ1n) is 8.31. The van der Waals surface area contributed by atoms with Crippen molar-refractivity contribution in [3.8, 4) is 0 Å². The molecule has 1 aliphatic rings. The van der Waals surface area contributed by atoms with Crippen molar-refractivity contribution in [2.75, 3.05) is 50.0 Å². The second-order valence-corrected chi connectivity index (χ2v) is 5.84. The quantitative estimate of drug-likeness (QED) is 0.819. The van der Waals surface area contributed by atoms with Crippen LogP contribution in [-0.4, -0.2) is 54.3 Å². The van der Waals surface area contributed by atoms with Gasteiger partial charge in [-0.3, -0.25) is 4.90 Å². The topological polar surface area (TPSA) is 62.3 Å². The van der Waals surface area contributed by atoms with Crippen LogP contribution in [0.2, 0.25) is 0 Å². The number of aromatic nitrogens is 2. The molecule has 2 aromatic rings. The maximum atomic E-state index is 13.1. The van der Waals surface area contributed by atoms with Crippen molar-refractivity contribution in [3.63, 3.8) is 0 Å². The highest BCUT2D eigenvalue weighted by Gasteiger charge is 2.33. The maximum absolute atomic E-state index is 13.1. The van der Waals surface area contributed by atoms with Crippen LogP contribution in [0.1, 0.15) is 5.56 Å². The number of nitrogens with one attached hydrogen (secondary N) is 2. The number of anilines is 3. The molecule has 0 unspecified atom stereocenters. The van der Waals surface area contributed by atoms with Crippen LogP contribution in [0, 0.1) is 0 Å². The molecule has 0 atom stereocenters. The molecule has 0 aliphatic carbocycles. The van der Waals surface area contributed by atoms with E-state index >= 15 is 0 Å². The van der Waals surface area contributed by atoms with Crippen molar-refractivity contribution in [1.82, 2.24) is 14.9 Å². The molecular formula is C17H20F3N5O. The van der Waals surface area contributed by atoms with Gasteiger partial charge in [-0.2, -0.15) is 13.2 Å². The standard InChI is InChI=1S/C17H20F3N5O/c18-17(19,20)13-3-1-2-4-14(13)24-16-11-15(22-12-23-16)21-5-6-25-7-9-26-10-8-25/h1-4,11-12H,5-10H2,(H2,21,22,23,24). The summed E-state index contributed by atoms with van der Waals surface area (Å²) >= 11 is 0. The fraction of sp³-hybridized carbons (Fsp3) is 0.412. The molecule has 0 radical (unpaired) electrons. The molecule has 0 spiro atoms. The maximum Gasteiger partial charge on any atom is 0.418 e. The Labute approximate surface area is 149 Å². The zero-order valence-electron chi connectivity index (χ0n) is 14.1. The fourth-order valence-corrected chi connectivity index (χ4v) is 2.67. The third-order valence-electron chi connectivity index (χ3n) is 4.00. The lowest BCUT2D eigenvalue weighted by molar-refractivity contribution is -0.136. The lowest BCUT2D eigenvalue weighted by Gasteiger charge is -2.26. The minimum atomic E-state index is -4.43. The van der Waals surface area contributed by atoms with E-state index < -0.39 is 11.7 Å². The number of alkyl halides is 3. The first-order chi connectivity index (χ1) is 12.5. The molecule has 0 bridgehead atoms. The molecule has 6 nitrogen and oxygen atoms in total. The largest absolute Gasteiger partial charge is 0.418 e. The monoisotopic (exact) mass is 367 g/mol. The molecule has 0 amide bonds. The Morgan fingerprint density at radius 1 is 1.08 bits per heavy atom. The van der Waals surface area contributed by atoms with Crippen molar-refractivity contribution in [2.45, 2.75) is 6.18 Å². The van der Waals surface area contributed by atoms with Crippen LogP contribution in [0.4, 0.5) is 30.5 Å².